The number of hydrogen-bond acceptors (Lipinski definition) is 4. The van der Waals surface area contributed by atoms with Crippen molar-refractivity contribution in [3.8, 4) is 0 Å². The lowest BCUT2D eigenvalue weighted by Crippen LogP contribution is -2.23. The van der Waals surface area contributed by atoms with Crippen LogP contribution in [0.1, 0.15) is 22.3 Å². The van der Waals surface area contributed by atoms with Gasteiger partial charge in [-0.3, -0.25) is 9.52 Å². The van der Waals surface area contributed by atoms with E-state index in [-0.39, 0.29) is 16.6 Å². The van der Waals surface area contributed by atoms with Gasteiger partial charge in [0.05, 0.1) is 23.4 Å². The molecule has 0 spiro atoms. The van der Waals surface area contributed by atoms with Crippen molar-refractivity contribution in [2.75, 3.05) is 10.5 Å². The van der Waals surface area contributed by atoms with Crippen molar-refractivity contribution in [2.24, 2.45) is 0 Å². The summed E-state index contributed by atoms with van der Waals surface area (Å²) in [4.78, 5) is 19.5. The van der Waals surface area contributed by atoms with Crippen LogP contribution < -0.4 is 4.72 Å². The minimum Gasteiger partial charge on any atom is -0.345 e. The molecule has 2 aromatic heterocycles. The number of fused-ring (bicyclic) bond motifs is 1. The second-order valence-electron chi connectivity index (χ2n) is 6.15. The maximum atomic E-state index is 14.8. The van der Waals surface area contributed by atoms with Crippen LogP contribution in [0.4, 0.5) is 27.6 Å². The van der Waals surface area contributed by atoms with Crippen LogP contribution in [0.5, 0.6) is 0 Å². The highest BCUT2D eigenvalue weighted by Gasteiger charge is 2.31. The van der Waals surface area contributed by atoms with E-state index >= 15 is 0 Å². The monoisotopic (exact) mass is 511 g/mol. The second kappa shape index (κ2) is 7.95. The summed E-state index contributed by atoms with van der Waals surface area (Å²) in [5.74, 6) is -5.29. The van der Waals surface area contributed by atoms with E-state index in [1.807, 2.05) is 0 Å². The summed E-state index contributed by atoms with van der Waals surface area (Å²) in [6, 6.07) is 2.81. The van der Waals surface area contributed by atoms with Gasteiger partial charge in [0.1, 0.15) is 11.5 Å². The van der Waals surface area contributed by atoms with Crippen molar-refractivity contribution in [3.63, 3.8) is 0 Å². The third-order valence-electron chi connectivity index (χ3n) is 3.98. The predicted octanol–water partition coefficient (Wildman–Crippen LogP) is 4.53. The number of alkyl halides is 3. The molecule has 0 radical (unpaired) electrons. The molecule has 2 N–H and O–H groups in total. The lowest BCUT2D eigenvalue weighted by Gasteiger charge is -2.12. The Morgan fingerprint density at radius 3 is 2.60 bits per heavy atom. The number of halogens is 6. The summed E-state index contributed by atoms with van der Waals surface area (Å²) in [5, 5.41) is 0.254. The Morgan fingerprint density at radius 1 is 1.23 bits per heavy atom. The maximum absolute atomic E-state index is 14.8. The molecule has 6 nitrogen and oxygen atoms in total. The van der Waals surface area contributed by atoms with Gasteiger partial charge in [0.25, 0.3) is 0 Å². The fourth-order valence-corrected chi connectivity index (χ4v) is 4.03. The zero-order valence-electron chi connectivity index (χ0n) is 14.6. The fourth-order valence-electron chi connectivity index (χ4n) is 2.61. The summed E-state index contributed by atoms with van der Waals surface area (Å²) in [6.07, 6.45) is -3.78. The number of nitrogens with zero attached hydrogens (tertiary/aromatic N) is 1. The van der Waals surface area contributed by atoms with Crippen molar-refractivity contribution >= 4 is 48.5 Å². The second-order valence-corrected chi connectivity index (χ2v) is 8.91. The molecule has 3 aromatic rings. The molecule has 0 amide bonds. The Labute approximate surface area is 174 Å². The summed E-state index contributed by atoms with van der Waals surface area (Å²) >= 11 is 3.17. The zero-order valence-corrected chi connectivity index (χ0v) is 17.1. The molecule has 0 saturated heterocycles. The average Bonchev–Trinajstić information content (AvgIpc) is 3.05. The largest absolute Gasteiger partial charge is 0.390 e. The van der Waals surface area contributed by atoms with Crippen molar-refractivity contribution in [1.29, 1.82) is 0 Å². The number of carbonyl (C=O) groups excluding carboxylic acids is 1. The molecule has 0 aliphatic heterocycles. The molecular weight excluding hydrogens is 501 g/mol. The number of anilines is 1. The molecule has 0 fully saturated rings. The predicted molar refractivity (Wildman–Crippen MR) is 102 cm³/mol. The van der Waals surface area contributed by atoms with Gasteiger partial charge in [-0.05, 0) is 34.1 Å². The standard InChI is InChI=1S/C17H11BrF5N3O3S/c18-8-5-9-10(7-25-16(9)24-6-8)15(27)13-11(19)1-2-12(14(13)20)26-30(28,29)4-3-17(21,22)23/h1-2,5-7,26H,3-4H2,(H,24,25). The zero-order chi connectivity index (χ0) is 22.3. The van der Waals surface area contributed by atoms with Crippen LogP contribution in [0.3, 0.4) is 0 Å². The van der Waals surface area contributed by atoms with E-state index in [4.69, 9.17) is 0 Å². The molecule has 160 valence electrons. The summed E-state index contributed by atoms with van der Waals surface area (Å²) in [7, 11) is -4.61. The number of ketones is 1. The third-order valence-corrected chi connectivity index (χ3v) is 5.69. The molecule has 3 rings (SSSR count). The fraction of sp³-hybridized carbons (Fsp3) is 0.176. The first-order valence-electron chi connectivity index (χ1n) is 8.10. The van der Waals surface area contributed by atoms with Crippen LogP contribution in [0, 0.1) is 11.6 Å². The number of aromatic amines is 1. The Balaban J connectivity index is 1.98. The number of aromatic nitrogens is 2. The summed E-state index contributed by atoms with van der Waals surface area (Å²) in [6.45, 7) is 0. The Hall–Kier alpha value is -2.54. The lowest BCUT2D eigenvalue weighted by molar-refractivity contribution is -0.129. The Bertz CT molecular complexity index is 1240. The van der Waals surface area contributed by atoms with Gasteiger partial charge in [0.2, 0.25) is 15.8 Å². The molecule has 30 heavy (non-hydrogen) atoms. The highest BCUT2D eigenvalue weighted by molar-refractivity contribution is 9.10. The Morgan fingerprint density at radius 2 is 1.93 bits per heavy atom. The smallest absolute Gasteiger partial charge is 0.345 e. The summed E-state index contributed by atoms with van der Waals surface area (Å²) in [5.41, 5.74) is -1.77. The minimum atomic E-state index is -4.74. The SMILES string of the molecule is O=C(c1c(F)ccc(NS(=O)(=O)CCC(F)(F)F)c1F)c1c[nH]c2ncc(Br)cc12. The number of sulfonamides is 1. The topological polar surface area (TPSA) is 91.9 Å². The van der Waals surface area contributed by atoms with E-state index in [9.17, 15) is 35.2 Å². The molecule has 0 atom stereocenters. The molecule has 0 aliphatic rings. The number of carbonyl (C=O) groups is 1. The first-order chi connectivity index (χ1) is 13.9. The van der Waals surface area contributed by atoms with Gasteiger partial charge in [0, 0.05) is 27.8 Å². The first-order valence-corrected chi connectivity index (χ1v) is 10.5. The average molecular weight is 512 g/mol. The van der Waals surface area contributed by atoms with Crippen LogP contribution in [-0.2, 0) is 10.0 Å². The van der Waals surface area contributed by atoms with Crippen LogP contribution >= 0.6 is 15.9 Å². The van der Waals surface area contributed by atoms with Gasteiger partial charge in [0.15, 0.2) is 5.82 Å². The number of rotatable bonds is 6. The van der Waals surface area contributed by atoms with Gasteiger partial charge in [-0.1, -0.05) is 0 Å². The number of hydrogen-bond donors (Lipinski definition) is 2. The number of pyridine rings is 1. The van der Waals surface area contributed by atoms with E-state index in [0.717, 1.165) is 0 Å². The third kappa shape index (κ3) is 4.78. The molecule has 0 aliphatic carbocycles. The van der Waals surface area contributed by atoms with Crippen LogP contribution in [-0.4, -0.2) is 36.1 Å². The van der Waals surface area contributed by atoms with Crippen molar-refractivity contribution < 1.29 is 35.2 Å². The molecule has 13 heteroatoms. The van der Waals surface area contributed by atoms with Crippen molar-refractivity contribution in [2.45, 2.75) is 12.6 Å². The number of benzene rings is 1. The van der Waals surface area contributed by atoms with Gasteiger partial charge in [-0.25, -0.2) is 22.2 Å². The van der Waals surface area contributed by atoms with Gasteiger partial charge in [-0.15, -0.1) is 0 Å². The molecule has 2 heterocycles. The van der Waals surface area contributed by atoms with Crippen molar-refractivity contribution in [3.05, 3.63) is 57.8 Å². The normalized spacial score (nSPS) is 12.3. The minimum absolute atomic E-state index is 0.131. The molecule has 0 saturated carbocycles. The van der Waals surface area contributed by atoms with Crippen molar-refractivity contribution in [1.82, 2.24) is 9.97 Å². The van der Waals surface area contributed by atoms with Crippen LogP contribution in [0.15, 0.2) is 35.1 Å². The van der Waals surface area contributed by atoms with E-state index in [1.165, 1.54) is 18.5 Å². The number of H-pyrrole nitrogens is 1. The molecule has 1 aromatic carbocycles. The van der Waals surface area contributed by atoms with Crippen LogP contribution in [0.2, 0.25) is 0 Å². The summed E-state index contributed by atoms with van der Waals surface area (Å²) < 4.78 is 91.7. The van der Waals surface area contributed by atoms with E-state index in [2.05, 4.69) is 25.9 Å². The molecule has 0 bridgehead atoms. The van der Waals surface area contributed by atoms with Gasteiger partial charge >= 0.3 is 6.18 Å². The van der Waals surface area contributed by atoms with E-state index in [0.29, 0.717) is 16.6 Å². The van der Waals surface area contributed by atoms with Gasteiger partial charge < -0.3 is 4.98 Å². The first kappa shape index (κ1) is 22.2. The van der Waals surface area contributed by atoms with Gasteiger partial charge in [-0.2, -0.15) is 13.2 Å². The lowest BCUT2D eigenvalue weighted by atomic mass is 10.0. The van der Waals surface area contributed by atoms with Crippen LogP contribution in [0.25, 0.3) is 11.0 Å². The van der Waals surface area contributed by atoms with E-state index < -0.39 is 57.0 Å². The highest BCUT2D eigenvalue weighted by atomic mass is 79.9. The number of nitrogens with one attached hydrogen (secondary N) is 2. The Kier molecular flexibility index (Phi) is 5.87. The van der Waals surface area contributed by atoms with E-state index in [1.54, 1.807) is 4.72 Å². The maximum Gasteiger partial charge on any atom is 0.390 e. The molecular formula is C17H11BrF5N3O3S. The quantitative estimate of drug-likeness (QED) is 0.375. The highest BCUT2D eigenvalue weighted by Crippen LogP contribution is 2.29. The molecule has 0 unspecified atom stereocenters.